The lowest BCUT2D eigenvalue weighted by Crippen LogP contribution is -2.39. The number of likely N-dealkylation sites (tertiary alicyclic amines) is 1. The summed E-state index contributed by atoms with van der Waals surface area (Å²) in [6.07, 6.45) is 4.29. The molecule has 0 saturated carbocycles. The number of aromatic carboxylic acids is 1. The highest BCUT2D eigenvalue weighted by Crippen LogP contribution is 2.33. The monoisotopic (exact) mass is 373 g/mol. The van der Waals surface area contributed by atoms with Crippen LogP contribution in [-0.2, 0) is 0 Å². The zero-order chi connectivity index (χ0) is 16.6. The number of piperidine rings is 1. The molecule has 23 heavy (non-hydrogen) atoms. The Labute approximate surface area is 146 Å². The van der Waals surface area contributed by atoms with Crippen LogP contribution in [0.25, 0.3) is 0 Å². The standard InChI is InChI=1S/C14H13Cl2N3O3S/c15-11-5-10(12(16)23-11)13(20)18-3-1-9(2-4-18)19-7-8(6-17-19)14(21)22/h5-7,9H,1-4H2,(H,21,22). The minimum Gasteiger partial charge on any atom is -0.478 e. The molecule has 1 N–H and O–H groups in total. The van der Waals surface area contributed by atoms with Gasteiger partial charge in [-0.2, -0.15) is 5.10 Å². The summed E-state index contributed by atoms with van der Waals surface area (Å²) in [6.45, 7) is 1.13. The van der Waals surface area contributed by atoms with E-state index in [1.165, 1.54) is 23.7 Å². The maximum absolute atomic E-state index is 12.5. The second kappa shape index (κ2) is 6.51. The number of carboxylic acid groups (broad SMARTS) is 1. The van der Waals surface area contributed by atoms with Crippen molar-refractivity contribution < 1.29 is 14.7 Å². The van der Waals surface area contributed by atoms with Crippen molar-refractivity contribution in [1.82, 2.24) is 14.7 Å². The summed E-state index contributed by atoms with van der Waals surface area (Å²) in [5.74, 6) is -1.11. The van der Waals surface area contributed by atoms with Crippen molar-refractivity contribution in [2.75, 3.05) is 13.1 Å². The second-order valence-corrected chi connectivity index (χ2v) is 7.56. The number of amides is 1. The molecule has 3 rings (SSSR count). The molecule has 2 aromatic rings. The van der Waals surface area contributed by atoms with Gasteiger partial charge in [-0.3, -0.25) is 9.48 Å². The van der Waals surface area contributed by atoms with Gasteiger partial charge in [-0.25, -0.2) is 4.79 Å². The molecule has 0 bridgehead atoms. The van der Waals surface area contributed by atoms with E-state index in [0.717, 1.165) is 0 Å². The zero-order valence-corrected chi connectivity index (χ0v) is 14.2. The minimum absolute atomic E-state index is 0.0914. The highest BCUT2D eigenvalue weighted by molar-refractivity contribution is 7.20. The van der Waals surface area contributed by atoms with Crippen LogP contribution in [0.15, 0.2) is 18.5 Å². The molecule has 1 aliphatic rings. The van der Waals surface area contributed by atoms with Crippen molar-refractivity contribution in [3.05, 3.63) is 38.3 Å². The first-order chi connectivity index (χ1) is 11.0. The number of halogens is 2. The van der Waals surface area contributed by atoms with E-state index in [2.05, 4.69) is 5.10 Å². The Hall–Kier alpha value is -1.57. The first-order valence-corrected chi connectivity index (χ1v) is 8.54. The van der Waals surface area contributed by atoms with Crippen LogP contribution >= 0.6 is 34.5 Å². The minimum atomic E-state index is -0.993. The fourth-order valence-electron chi connectivity index (χ4n) is 2.64. The van der Waals surface area contributed by atoms with E-state index in [1.54, 1.807) is 15.6 Å². The van der Waals surface area contributed by atoms with E-state index >= 15 is 0 Å². The number of thiophene rings is 1. The Balaban J connectivity index is 1.65. The first kappa shape index (κ1) is 16.3. The molecule has 0 spiro atoms. The Morgan fingerprint density at radius 2 is 2.00 bits per heavy atom. The molecule has 0 aromatic carbocycles. The van der Waals surface area contributed by atoms with Gasteiger partial charge in [-0.1, -0.05) is 23.2 Å². The molecule has 0 unspecified atom stereocenters. The van der Waals surface area contributed by atoms with Gasteiger partial charge in [0.25, 0.3) is 5.91 Å². The van der Waals surface area contributed by atoms with E-state index in [0.29, 0.717) is 40.2 Å². The second-order valence-electron chi connectivity index (χ2n) is 5.28. The van der Waals surface area contributed by atoms with E-state index in [4.69, 9.17) is 28.3 Å². The van der Waals surface area contributed by atoms with Crippen LogP contribution in [0, 0.1) is 0 Å². The van der Waals surface area contributed by atoms with Gasteiger partial charge >= 0.3 is 5.97 Å². The van der Waals surface area contributed by atoms with Gasteiger partial charge in [0, 0.05) is 19.3 Å². The van der Waals surface area contributed by atoms with Crippen LogP contribution < -0.4 is 0 Å². The van der Waals surface area contributed by atoms with Crippen LogP contribution in [0.3, 0.4) is 0 Å². The van der Waals surface area contributed by atoms with Crippen molar-refractivity contribution >= 4 is 46.4 Å². The number of carbonyl (C=O) groups is 2. The van der Waals surface area contributed by atoms with Gasteiger partial charge in [-0.15, -0.1) is 11.3 Å². The van der Waals surface area contributed by atoms with Gasteiger partial charge in [0.05, 0.1) is 27.7 Å². The summed E-state index contributed by atoms with van der Waals surface area (Å²) < 4.78 is 2.56. The fourth-order valence-corrected chi connectivity index (χ4v) is 4.09. The zero-order valence-electron chi connectivity index (χ0n) is 11.9. The van der Waals surface area contributed by atoms with Crippen LogP contribution in [0.1, 0.15) is 39.6 Å². The molecule has 0 aliphatic carbocycles. The molecule has 6 nitrogen and oxygen atoms in total. The Bertz CT molecular complexity index is 750. The molecule has 1 fully saturated rings. The van der Waals surface area contributed by atoms with Gasteiger partial charge in [0.2, 0.25) is 0 Å². The average molecular weight is 374 g/mol. The highest BCUT2D eigenvalue weighted by atomic mass is 35.5. The van der Waals surface area contributed by atoms with Gasteiger partial charge in [0.1, 0.15) is 4.34 Å². The maximum atomic E-state index is 12.5. The molecule has 1 amide bonds. The third kappa shape index (κ3) is 3.36. The molecule has 1 aliphatic heterocycles. The Kier molecular flexibility index (Phi) is 4.61. The van der Waals surface area contributed by atoms with E-state index < -0.39 is 5.97 Å². The molecule has 1 saturated heterocycles. The number of hydrogen-bond acceptors (Lipinski definition) is 4. The highest BCUT2D eigenvalue weighted by Gasteiger charge is 2.27. The van der Waals surface area contributed by atoms with Crippen molar-refractivity contribution in [3.63, 3.8) is 0 Å². The van der Waals surface area contributed by atoms with Gasteiger partial charge in [-0.05, 0) is 18.9 Å². The van der Waals surface area contributed by atoms with E-state index in [-0.39, 0.29) is 17.5 Å². The number of aromatic nitrogens is 2. The maximum Gasteiger partial charge on any atom is 0.338 e. The third-order valence-electron chi connectivity index (χ3n) is 3.86. The Morgan fingerprint density at radius 3 is 2.52 bits per heavy atom. The van der Waals surface area contributed by atoms with Crippen LogP contribution in [0.4, 0.5) is 0 Å². The van der Waals surface area contributed by atoms with Crippen molar-refractivity contribution in [1.29, 1.82) is 0 Å². The average Bonchev–Trinajstić information content (AvgIpc) is 3.13. The summed E-state index contributed by atoms with van der Waals surface area (Å²) >= 11 is 13.1. The smallest absolute Gasteiger partial charge is 0.338 e. The number of carboxylic acids is 1. The number of carbonyl (C=O) groups excluding carboxylic acids is 1. The Morgan fingerprint density at radius 1 is 1.30 bits per heavy atom. The van der Waals surface area contributed by atoms with Crippen LogP contribution in [-0.4, -0.2) is 44.8 Å². The van der Waals surface area contributed by atoms with Crippen LogP contribution in [0.2, 0.25) is 8.67 Å². The SMILES string of the molecule is O=C(O)c1cnn(C2CCN(C(=O)c3cc(Cl)sc3Cl)CC2)c1. The lowest BCUT2D eigenvalue weighted by Gasteiger charge is -2.32. The molecule has 122 valence electrons. The molecule has 0 radical (unpaired) electrons. The third-order valence-corrected chi connectivity index (χ3v) is 5.35. The number of nitrogens with zero attached hydrogens (tertiary/aromatic N) is 3. The molecule has 2 aromatic heterocycles. The molecular weight excluding hydrogens is 361 g/mol. The summed E-state index contributed by atoms with van der Waals surface area (Å²) in [6, 6.07) is 1.68. The fraction of sp³-hybridized carbons (Fsp3) is 0.357. The predicted molar refractivity (Wildman–Crippen MR) is 87.7 cm³/mol. The van der Waals surface area contributed by atoms with Gasteiger partial charge in [0.15, 0.2) is 0 Å². The van der Waals surface area contributed by atoms with E-state index in [9.17, 15) is 9.59 Å². The topological polar surface area (TPSA) is 75.4 Å². The summed E-state index contributed by atoms with van der Waals surface area (Å²) in [5, 5.41) is 13.0. The normalized spacial score (nSPS) is 15.8. The van der Waals surface area contributed by atoms with Crippen molar-refractivity contribution in [3.8, 4) is 0 Å². The molecule has 0 atom stereocenters. The largest absolute Gasteiger partial charge is 0.478 e. The number of hydrogen-bond donors (Lipinski definition) is 1. The summed E-state index contributed by atoms with van der Waals surface area (Å²) in [4.78, 5) is 25.1. The van der Waals surface area contributed by atoms with Crippen molar-refractivity contribution in [2.24, 2.45) is 0 Å². The predicted octanol–water partition coefficient (Wildman–Crippen LogP) is 3.43. The first-order valence-electron chi connectivity index (χ1n) is 6.97. The summed E-state index contributed by atoms with van der Waals surface area (Å²) in [5.41, 5.74) is 0.607. The lowest BCUT2D eigenvalue weighted by molar-refractivity contribution is 0.0689. The molecular formula is C14H13Cl2N3O3S. The van der Waals surface area contributed by atoms with E-state index in [1.807, 2.05) is 0 Å². The van der Waals surface area contributed by atoms with Gasteiger partial charge < -0.3 is 10.0 Å². The quantitative estimate of drug-likeness (QED) is 0.893. The van der Waals surface area contributed by atoms with Crippen LogP contribution in [0.5, 0.6) is 0 Å². The molecule has 9 heteroatoms. The summed E-state index contributed by atoms with van der Waals surface area (Å²) in [7, 11) is 0. The van der Waals surface area contributed by atoms with Crippen molar-refractivity contribution in [2.45, 2.75) is 18.9 Å². The lowest BCUT2D eigenvalue weighted by atomic mass is 10.0. The number of rotatable bonds is 3. The molecule has 3 heterocycles.